The molecular weight excluding hydrogens is 198 g/mol. The molecule has 1 aromatic rings. The maximum absolute atomic E-state index is 5.49. The summed E-state index contributed by atoms with van der Waals surface area (Å²) in [6.07, 6.45) is 2.07. The van der Waals surface area contributed by atoms with Gasteiger partial charge in [0.15, 0.2) is 5.16 Å². The Morgan fingerprint density at radius 2 is 2.14 bits per heavy atom. The minimum atomic E-state index is 0.129. The Kier molecular flexibility index (Phi) is 4.00. The molecule has 0 aliphatic heterocycles. The number of rotatable bonds is 4. The number of aromatic nitrogens is 2. The molecule has 0 saturated carbocycles. The summed E-state index contributed by atoms with van der Waals surface area (Å²) in [5, 5.41) is 3.69. The molecule has 1 rings (SSSR count). The van der Waals surface area contributed by atoms with Crippen molar-refractivity contribution in [1.29, 1.82) is 0 Å². The molecule has 5 heteroatoms. The van der Waals surface area contributed by atoms with Crippen molar-refractivity contribution < 1.29 is 4.74 Å². The van der Waals surface area contributed by atoms with E-state index in [-0.39, 0.29) is 6.10 Å². The van der Waals surface area contributed by atoms with E-state index in [1.807, 2.05) is 27.2 Å². The minimum Gasteiger partial charge on any atom is -0.475 e. The van der Waals surface area contributed by atoms with Gasteiger partial charge >= 0.3 is 0 Å². The molecule has 0 radical (unpaired) electrons. The van der Waals surface area contributed by atoms with Crippen LogP contribution in [0, 0.1) is 0 Å². The van der Waals surface area contributed by atoms with Crippen LogP contribution in [0.5, 0.6) is 5.88 Å². The molecule has 0 saturated heterocycles. The van der Waals surface area contributed by atoms with Crippen LogP contribution in [0.1, 0.15) is 13.8 Å². The quantitative estimate of drug-likeness (QED) is 0.612. The van der Waals surface area contributed by atoms with Gasteiger partial charge in [-0.15, -0.1) is 0 Å². The number of ether oxygens (including phenoxy) is 1. The summed E-state index contributed by atoms with van der Waals surface area (Å²) in [5.74, 6) is 1.39. The first-order valence-corrected chi connectivity index (χ1v) is 5.65. The highest BCUT2D eigenvalue weighted by Crippen LogP contribution is 2.19. The molecule has 0 bridgehead atoms. The summed E-state index contributed by atoms with van der Waals surface area (Å²) < 4.78 is 5.49. The Hall–Kier alpha value is -0.970. The smallest absolute Gasteiger partial charge is 0.219 e. The van der Waals surface area contributed by atoms with E-state index >= 15 is 0 Å². The second-order valence-corrected chi connectivity index (χ2v) is 3.77. The first kappa shape index (κ1) is 11.1. The first-order chi connectivity index (χ1) is 6.65. The average molecular weight is 213 g/mol. The molecule has 1 N–H and O–H groups in total. The van der Waals surface area contributed by atoms with Crippen molar-refractivity contribution in [2.75, 3.05) is 18.6 Å². The molecule has 0 spiro atoms. The summed E-state index contributed by atoms with van der Waals surface area (Å²) in [7, 11) is 1.82. The van der Waals surface area contributed by atoms with Gasteiger partial charge in [0.25, 0.3) is 0 Å². The highest BCUT2D eigenvalue weighted by Gasteiger charge is 2.05. The van der Waals surface area contributed by atoms with Gasteiger partial charge in [0.2, 0.25) is 5.88 Å². The predicted molar refractivity (Wildman–Crippen MR) is 59.1 cm³/mol. The molecule has 0 aliphatic carbocycles. The lowest BCUT2D eigenvalue weighted by Crippen LogP contribution is -2.08. The topological polar surface area (TPSA) is 47.0 Å². The summed E-state index contributed by atoms with van der Waals surface area (Å²) in [5.41, 5.74) is 0. The van der Waals surface area contributed by atoms with Crippen molar-refractivity contribution >= 4 is 17.6 Å². The van der Waals surface area contributed by atoms with Crippen molar-refractivity contribution in [2.24, 2.45) is 0 Å². The van der Waals surface area contributed by atoms with Crippen LogP contribution in [0.15, 0.2) is 11.2 Å². The summed E-state index contributed by atoms with van der Waals surface area (Å²) in [6, 6.07) is 1.79. The Labute approximate surface area is 88.5 Å². The number of nitrogens with zero attached hydrogens (tertiary/aromatic N) is 2. The Morgan fingerprint density at radius 1 is 1.43 bits per heavy atom. The Morgan fingerprint density at radius 3 is 2.64 bits per heavy atom. The molecule has 0 amide bonds. The standard InChI is InChI=1S/C9H15N3OS/c1-6(2)13-8-5-7(10-3)11-9(12-8)14-4/h5-6H,1-4H3,(H,10,11,12). The molecule has 0 atom stereocenters. The van der Waals surface area contributed by atoms with Crippen molar-refractivity contribution in [3.05, 3.63) is 6.07 Å². The monoisotopic (exact) mass is 213 g/mol. The van der Waals surface area contributed by atoms with Crippen LogP contribution in [-0.2, 0) is 0 Å². The first-order valence-electron chi connectivity index (χ1n) is 4.43. The third kappa shape index (κ3) is 3.06. The molecule has 0 fully saturated rings. The molecule has 0 aromatic carbocycles. The average Bonchev–Trinajstić information content (AvgIpc) is 2.16. The fraction of sp³-hybridized carbons (Fsp3) is 0.556. The molecule has 4 nitrogen and oxygen atoms in total. The van der Waals surface area contributed by atoms with Crippen molar-refractivity contribution in [2.45, 2.75) is 25.1 Å². The molecule has 78 valence electrons. The summed E-state index contributed by atoms with van der Waals surface area (Å²) in [6.45, 7) is 3.94. The van der Waals surface area contributed by atoms with Crippen LogP contribution in [0.25, 0.3) is 0 Å². The SMILES string of the molecule is CNc1cc(OC(C)C)nc(SC)n1. The molecule has 1 aromatic heterocycles. The second kappa shape index (κ2) is 5.05. The lowest BCUT2D eigenvalue weighted by atomic mass is 10.5. The minimum absolute atomic E-state index is 0.129. The molecular formula is C9H15N3OS. The lowest BCUT2D eigenvalue weighted by Gasteiger charge is -2.10. The van der Waals surface area contributed by atoms with E-state index in [9.17, 15) is 0 Å². The van der Waals surface area contributed by atoms with Gasteiger partial charge in [0.1, 0.15) is 5.82 Å². The van der Waals surface area contributed by atoms with Crippen LogP contribution in [-0.4, -0.2) is 29.4 Å². The van der Waals surface area contributed by atoms with Crippen molar-refractivity contribution in [3.63, 3.8) is 0 Å². The largest absolute Gasteiger partial charge is 0.475 e. The summed E-state index contributed by atoms with van der Waals surface area (Å²) in [4.78, 5) is 8.47. The van der Waals surface area contributed by atoms with Crippen molar-refractivity contribution in [1.82, 2.24) is 9.97 Å². The van der Waals surface area contributed by atoms with Gasteiger partial charge in [-0.3, -0.25) is 0 Å². The van der Waals surface area contributed by atoms with Crippen LogP contribution in [0.4, 0.5) is 5.82 Å². The number of thioether (sulfide) groups is 1. The Bertz CT molecular complexity index is 282. The second-order valence-electron chi connectivity index (χ2n) is 2.99. The van der Waals surface area contributed by atoms with Crippen LogP contribution in [0.3, 0.4) is 0 Å². The van der Waals surface area contributed by atoms with Gasteiger partial charge in [-0.25, -0.2) is 4.98 Å². The van der Waals surface area contributed by atoms with E-state index in [1.54, 1.807) is 6.07 Å². The van der Waals surface area contributed by atoms with Gasteiger partial charge in [0, 0.05) is 13.1 Å². The maximum atomic E-state index is 5.49. The van der Waals surface area contributed by atoms with Crippen LogP contribution < -0.4 is 10.1 Å². The van der Waals surface area contributed by atoms with Gasteiger partial charge in [0.05, 0.1) is 6.10 Å². The predicted octanol–water partition coefficient (Wildman–Crippen LogP) is 2.03. The zero-order chi connectivity index (χ0) is 10.6. The number of anilines is 1. The maximum Gasteiger partial charge on any atom is 0.219 e. The highest BCUT2D eigenvalue weighted by molar-refractivity contribution is 7.98. The summed E-state index contributed by atoms with van der Waals surface area (Å²) >= 11 is 1.50. The third-order valence-corrected chi connectivity index (χ3v) is 2.03. The lowest BCUT2D eigenvalue weighted by molar-refractivity contribution is 0.230. The zero-order valence-corrected chi connectivity index (χ0v) is 9.68. The number of hydrogen-bond acceptors (Lipinski definition) is 5. The molecule has 14 heavy (non-hydrogen) atoms. The van der Waals surface area contributed by atoms with Gasteiger partial charge < -0.3 is 10.1 Å². The van der Waals surface area contributed by atoms with Gasteiger partial charge in [-0.05, 0) is 20.1 Å². The highest BCUT2D eigenvalue weighted by atomic mass is 32.2. The van der Waals surface area contributed by atoms with Gasteiger partial charge in [-0.1, -0.05) is 11.8 Å². The third-order valence-electron chi connectivity index (χ3n) is 1.48. The van der Waals surface area contributed by atoms with E-state index < -0.39 is 0 Å². The Balaban J connectivity index is 2.92. The molecule has 1 heterocycles. The molecule has 0 aliphatic rings. The number of nitrogens with one attached hydrogen (secondary N) is 1. The van der Waals surface area contributed by atoms with Crippen LogP contribution in [0.2, 0.25) is 0 Å². The number of hydrogen-bond donors (Lipinski definition) is 1. The van der Waals surface area contributed by atoms with E-state index in [0.29, 0.717) is 11.0 Å². The van der Waals surface area contributed by atoms with E-state index in [0.717, 1.165) is 5.82 Å². The normalized spacial score (nSPS) is 10.4. The van der Waals surface area contributed by atoms with E-state index in [1.165, 1.54) is 11.8 Å². The zero-order valence-electron chi connectivity index (χ0n) is 8.87. The van der Waals surface area contributed by atoms with Crippen LogP contribution >= 0.6 is 11.8 Å². The fourth-order valence-electron chi connectivity index (χ4n) is 0.925. The molecule has 0 unspecified atom stereocenters. The van der Waals surface area contributed by atoms with Gasteiger partial charge in [-0.2, -0.15) is 4.98 Å². The van der Waals surface area contributed by atoms with Crippen molar-refractivity contribution in [3.8, 4) is 5.88 Å². The fourth-order valence-corrected chi connectivity index (χ4v) is 1.30. The van der Waals surface area contributed by atoms with E-state index in [2.05, 4.69) is 15.3 Å². The van der Waals surface area contributed by atoms with E-state index in [4.69, 9.17) is 4.74 Å².